The quantitative estimate of drug-likeness (QED) is 0.422. The molecule has 6 heteroatoms. The first-order chi connectivity index (χ1) is 9.74. The highest BCUT2D eigenvalue weighted by molar-refractivity contribution is 5.96. The van der Waals surface area contributed by atoms with Crippen molar-refractivity contribution in [1.82, 2.24) is 4.57 Å². The summed E-state index contributed by atoms with van der Waals surface area (Å²) >= 11 is 0. The summed E-state index contributed by atoms with van der Waals surface area (Å²) in [6, 6.07) is 1.78. The van der Waals surface area contributed by atoms with Crippen molar-refractivity contribution in [2.24, 2.45) is 7.05 Å². The zero-order valence-electron chi connectivity index (χ0n) is 12.2. The van der Waals surface area contributed by atoms with E-state index < -0.39 is 0 Å². The van der Waals surface area contributed by atoms with Crippen molar-refractivity contribution in [3.63, 3.8) is 0 Å². The molecule has 0 aliphatic heterocycles. The largest absolute Gasteiger partial charge is 0.382 e. The number of nitrogens with zero attached hydrogens (tertiary/aromatic N) is 1. The Morgan fingerprint density at radius 3 is 2.20 bits per heavy atom. The molecule has 0 atom stereocenters. The van der Waals surface area contributed by atoms with Gasteiger partial charge in [0.1, 0.15) is 6.61 Å². The van der Waals surface area contributed by atoms with Crippen molar-refractivity contribution in [1.29, 1.82) is 0 Å². The molecule has 1 aromatic rings. The van der Waals surface area contributed by atoms with Crippen molar-refractivity contribution >= 4 is 5.78 Å². The predicted octanol–water partition coefficient (Wildman–Crippen LogP) is 0.904. The number of ether oxygens (including phenoxy) is 4. The van der Waals surface area contributed by atoms with Crippen molar-refractivity contribution in [3.8, 4) is 0 Å². The molecule has 6 nitrogen and oxygen atoms in total. The lowest BCUT2D eigenvalue weighted by Crippen LogP contribution is -2.14. The molecule has 0 bridgehead atoms. The van der Waals surface area contributed by atoms with Crippen molar-refractivity contribution < 1.29 is 23.7 Å². The van der Waals surface area contributed by atoms with Crippen molar-refractivity contribution in [2.75, 3.05) is 53.4 Å². The molecule has 0 N–H and O–H groups in total. The molecular formula is C14H23NO5. The fourth-order valence-electron chi connectivity index (χ4n) is 1.50. The Labute approximate surface area is 119 Å². The third-order valence-electron chi connectivity index (χ3n) is 2.56. The van der Waals surface area contributed by atoms with Crippen LogP contribution in [0, 0.1) is 0 Å². The van der Waals surface area contributed by atoms with Crippen LogP contribution in [-0.2, 0) is 26.0 Å². The van der Waals surface area contributed by atoms with E-state index in [0.29, 0.717) is 45.2 Å². The molecule has 0 saturated carbocycles. The number of aryl methyl sites for hydroxylation is 1. The summed E-state index contributed by atoms with van der Waals surface area (Å²) in [7, 11) is 3.51. The number of aromatic nitrogens is 1. The lowest BCUT2D eigenvalue weighted by molar-refractivity contribution is 0.00492. The molecule has 0 radical (unpaired) electrons. The van der Waals surface area contributed by atoms with Crippen LogP contribution in [0.25, 0.3) is 0 Å². The van der Waals surface area contributed by atoms with E-state index in [-0.39, 0.29) is 12.4 Å². The second kappa shape index (κ2) is 10.6. The first-order valence-corrected chi connectivity index (χ1v) is 6.61. The summed E-state index contributed by atoms with van der Waals surface area (Å²) in [5.74, 6) is -0.0199. The molecule has 0 aliphatic carbocycles. The highest BCUT2D eigenvalue weighted by atomic mass is 16.6. The molecular weight excluding hydrogens is 262 g/mol. The average Bonchev–Trinajstić information content (AvgIpc) is 2.87. The SMILES string of the molecule is COCCOCCOCCOCC(=O)c1ccn(C)c1. The number of rotatable bonds is 12. The summed E-state index contributed by atoms with van der Waals surface area (Å²) in [4.78, 5) is 11.7. The average molecular weight is 285 g/mol. The number of carbonyl (C=O) groups is 1. The topological polar surface area (TPSA) is 58.9 Å². The molecule has 0 saturated heterocycles. The van der Waals surface area contributed by atoms with E-state index in [1.807, 2.05) is 17.8 Å². The van der Waals surface area contributed by atoms with Gasteiger partial charge in [0, 0.05) is 32.1 Å². The van der Waals surface area contributed by atoms with Gasteiger partial charge in [-0.1, -0.05) is 0 Å². The molecule has 1 aromatic heterocycles. The van der Waals surface area contributed by atoms with Crippen LogP contribution in [0.4, 0.5) is 0 Å². The van der Waals surface area contributed by atoms with Crippen molar-refractivity contribution in [3.05, 3.63) is 24.0 Å². The maximum Gasteiger partial charge on any atom is 0.189 e. The zero-order valence-corrected chi connectivity index (χ0v) is 12.2. The van der Waals surface area contributed by atoms with Crippen LogP contribution >= 0.6 is 0 Å². The highest BCUT2D eigenvalue weighted by Gasteiger charge is 2.06. The Kier molecular flexibility index (Phi) is 8.90. The highest BCUT2D eigenvalue weighted by Crippen LogP contribution is 2.01. The van der Waals surface area contributed by atoms with Gasteiger partial charge >= 0.3 is 0 Å². The van der Waals surface area contributed by atoms with Crippen LogP contribution in [0.5, 0.6) is 0 Å². The van der Waals surface area contributed by atoms with Gasteiger partial charge in [-0.2, -0.15) is 0 Å². The lowest BCUT2D eigenvalue weighted by atomic mass is 10.2. The van der Waals surface area contributed by atoms with Gasteiger partial charge in [0.25, 0.3) is 0 Å². The second-order valence-electron chi connectivity index (χ2n) is 4.26. The van der Waals surface area contributed by atoms with E-state index in [9.17, 15) is 4.79 Å². The minimum Gasteiger partial charge on any atom is -0.382 e. The van der Waals surface area contributed by atoms with E-state index >= 15 is 0 Å². The van der Waals surface area contributed by atoms with E-state index in [1.165, 1.54) is 0 Å². The Hall–Kier alpha value is -1.21. The van der Waals surface area contributed by atoms with Gasteiger partial charge in [-0.15, -0.1) is 0 Å². The van der Waals surface area contributed by atoms with Crippen LogP contribution in [-0.4, -0.2) is 63.7 Å². The minimum atomic E-state index is -0.0199. The van der Waals surface area contributed by atoms with Gasteiger partial charge in [-0.25, -0.2) is 0 Å². The molecule has 1 heterocycles. The zero-order chi connectivity index (χ0) is 14.6. The van der Waals surface area contributed by atoms with Crippen molar-refractivity contribution in [2.45, 2.75) is 0 Å². The molecule has 114 valence electrons. The smallest absolute Gasteiger partial charge is 0.189 e. The van der Waals surface area contributed by atoms with Gasteiger partial charge in [-0.05, 0) is 6.07 Å². The second-order valence-corrected chi connectivity index (χ2v) is 4.26. The van der Waals surface area contributed by atoms with Gasteiger partial charge in [0.15, 0.2) is 5.78 Å². The molecule has 0 aliphatic rings. The number of methoxy groups -OCH3 is 1. The minimum absolute atomic E-state index is 0.0199. The normalized spacial score (nSPS) is 10.9. The maximum absolute atomic E-state index is 11.7. The molecule has 1 rings (SSSR count). The molecule has 0 fully saturated rings. The third kappa shape index (κ3) is 7.40. The number of ketones is 1. The molecule has 0 aromatic carbocycles. The van der Waals surface area contributed by atoms with E-state index in [1.54, 1.807) is 19.4 Å². The standard InChI is InChI=1S/C14H23NO5/c1-15-4-3-13(11-15)14(16)12-20-10-9-19-8-7-18-6-5-17-2/h3-4,11H,5-10,12H2,1-2H3. The summed E-state index contributed by atoms with van der Waals surface area (Å²) < 4.78 is 22.5. The van der Waals surface area contributed by atoms with E-state index in [4.69, 9.17) is 18.9 Å². The van der Waals surface area contributed by atoms with E-state index in [2.05, 4.69) is 0 Å². The summed E-state index contributed by atoms with van der Waals surface area (Å²) in [6.45, 7) is 3.14. The van der Waals surface area contributed by atoms with Gasteiger partial charge in [0.2, 0.25) is 0 Å². The van der Waals surface area contributed by atoms with E-state index in [0.717, 1.165) is 0 Å². The first kappa shape index (κ1) is 16.8. The third-order valence-corrected chi connectivity index (χ3v) is 2.56. The van der Waals surface area contributed by atoms with Crippen LogP contribution in [0.2, 0.25) is 0 Å². The molecule has 20 heavy (non-hydrogen) atoms. The summed E-state index contributed by atoms with van der Waals surface area (Å²) in [5, 5.41) is 0. The summed E-state index contributed by atoms with van der Waals surface area (Å²) in [5.41, 5.74) is 0.667. The Morgan fingerprint density at radius 1 is 1.05 bits per heavy atom. The monoisotopic (exact) mass is 285 g/mol. The fourth-order valence-corrected chi connectivity index (χ4v) is 1.50. The maximum atomic E-state index is 11.7. The van der Waals surface area contributed by atoms with Gasteiger partial charge in [-0.3, -0.25) is 4.79 Å². The first-order valence-electron chi connectivity index (χ1n) is 6.61. The Bertz CT molecular complexity index is 377. The number of Topliss-reactive ketones (excluding diaryl/α,β-unsaturated/α-hetero) is 1. The number of hydrogen-bond acceptors (Lipinski definition) is 5. The molecule has 0 amide bonds. The van der Waals surface area contributed by atoms with Crippen LogP contribution in [0.1, 0.15) is 10.4 Å². The predicted molar refractivity (Wildman–Crippen MR) is 74.1 cm³/mol. The Morgan fingerprint density at radius 2 is 1.65 bits per heavy atom. The fraction of sp³-hybridized carbons (Fsp3) is 0.643. The van der Waals surface area contributed by atoms with Crippen LogP contribution in [0.15, 0.2) is 18.5 Å². The Balaban J connectivity index is 1.91. The van der Waals surface area contributed by atoms with Gasteiger partial charge in [0.05, 0.1) is 39.6 Å². The summed E-state index contributed by atoms with van der Waals surface area (Å²) in [6.07, 6.45) is 3.61. The number of carbonyl (C=O) groups excluding carboxylic acids is 1. The molecule has 0 unspecified atom stereocenters. The lowest BCUT2D eigenvalue weighted by Gasteiger charge is -2.06. The van der Waals surface area contributed by atoms with Gasteiger partial charge < -0.3 is 23.5 Å². The van der Waals surface area contributed by atoms with Crippen LogP contribution in [0.3, 0.4) is 0 Å². The molecule has 0 spiro atoms. The van der Waals surface area contributed by atoms with Crippen LogP contribution < -0.4 is 0 Å². The number of hydrogen-bond donors (Lipinski definition) is 0.